The molecule has 0 spiro atoms. The zero-order chi connectivity index (χ0) is 15.5. The van der Waals surface area contributed by atoms with Gasteiger partial charge in [0.15, 0.2) is 5.82 Å². The van der Waals surface area contributed by atoms with Crippen molar-refractivity contribution in [3.63, 3.8) is 0 Å². The summed E-state index contributed by atoms with van der Waals surface area (Å²) in [7, 11) is 0. The molecule has 0 aliphatic rings. The fourth-order valence-electron chi connectivity index (χ4n) is 1.72. The predicted molar refractivity (Wildman–Crippen MR) is 73.4 cm³/mol. The van der Waals surface area contributed by atoms with E-state index in [0.717, 1.165) is 35.6 Å². The van der Waals surface area contributed by atoms with Crippen molar-refractivity contribution in [2.75, 3.05) is 6.54 Å². The van der Waals surface area contributed by atoms with Gasteiger partial charge < -0.3 is 5.32 Å². The van der Waals surface area contributed by atoms with Crippen molar-refractivity contribution in [1.82, 2.24) is 20.1 Å². The molecule has 2 rings (SSSR count). The molecule has 0 aliphatic heterocycles. The first-order chi connectivity index (χ1) is 9.91. The lowest BCUT2D eigenvalue weighted by molar-refractivity contribution is -0.137. The molecule has 114 valence electrons. The number of nitrogens with zero attached hydrogens (tertiary/aromatic N) is 3. The Morgan fingerprint density at radius 1 is 1.33 bits per heavy atom. The Labute approximate surface area is 124 Å². The summed E-state index contributed by atoms with van der Waals surface area (Å²) >= 11 is 6.03. The topological polar surface area (TPSA) is 42.7 Å². The van der Waals surface area contributed by atoms with Crippen molar-refractivity contribution in [1.29, 1.82) is 0 Å². The van der Waals surface area contributed by atoms with Gasteiger partial charge in [-0.1, -0.05) is 18.5 Å². The molecule has 0 amide bonds. The molecule has 0 bridgehead atoms. The molecule has 0 atom stereocenters. The van der Waals surface area contributed by atoms with Crippen molar-refractivity contribution in [2.24, 2.45) is 0 Å². The van der Waals surface area contributed by atoms with E-state index in [1.54, 1.807) is 6.07 Å². The minimum atomic E-state index is -4.42. The predicted octanol–water partition coefficient (Wildman–Crippen LogP) is 3.44. The zero-order valence-electron chi connectivity index (χ0n) is 11.3. The van der Waals surface area contributed by atoms with Crippen LogP contribution in [0.4, 0.5) is 13.2 Å². The van der Waals surface area contributed by atoms with Crippen LogP contribution >= 0.6 is 11.6 Å². The van der Waals surface area contributed by atoms with Gasteiger partial charge in [0, 0.05) is 18.9 Å². The van der Waals surface area contributed by atoms with Gasteiger partial charge in [0.2, 0.25) is 0 Å². The number of alkyl halides is 3. The lowest BCUT2D eigenvalue weighted by Gasteiger charge is -2.08. The maximum atomic E-state index is 12.6. The fraction of sp³-hybridized carbons (Fsp3) is 0.385. The molecule has 2 aromatic rings. The van der Waals surface area contributed by atoms with E-state index in [4.69, 9.17) is 11.6 Å². The first-order valence-corrected chi connectivity index (χ1v) is 6.77. The minimum absolute atomic E-state index is 0.295. The SMILES string of the molecule is CCCNCc1cc(-n2cc(C(F)(F)F)cn2)ncc1Cl. The normalized spacial score (nSPS) is 11.9. The van der Waals surface area contributed by atoms with E-state index in [0.29, 0.717) is 17.4 Å². The molecular weight excluding hydrogens is 305 g/mol. The van der Waals surface area contributed by atoms with Crippen molar-refractivity contribution >= 4 is 11.6 Å². The number of nitrogens with one attached hydrogen (secondary N) is 1. The molecule has 2 aromatic heterocycles. The summed E-state index contributed by atoms with van der Waals surface area (Å²) in [6, 6.07) is 1.62. The molecule has 0 aromatic carbocycles. The molecule has 8 heteroatoms. The smallest absolute Gasteiger partial charge is 0.313 e. The second-order valence-corrected chi connectivity index (χ2v) is 4.89. The maximum Gasteiger partial charge on any atom is 0.419 e. The van der Waals surface area contributed by atoms with Crippen LogP contribution in [-0.2, 0) is 12.7 Å². The maximum absolute atomic E-state index is 12.6. The van der Waals surface area contributed by atoms with Crippen LogP contribution in [0.2, 0.25) is 5.02 Å². The van der Waals surface area contributed by atoms with Crippen molar-refractivity contribution < 1.29 is 13.2 Å². The number of hydrogen-bond acceptors (Lipinski definition) is 3. The van der Waals surface area contributed by atoms with Crippen LogP contribution in [0.1, 0.15) is 24.5 Å². The molecule has 0 fully saturated rings. The average Bonchev–Trinajstić information content (AvgIpc) is 2.91. The van der Waals surface area contributed by atoms with E-state index in [2.05, 4.69) is 15.4 Å². The summed E-state index contributed by atoms with van der Waals surface area (Å²) in [5.41, 5.74) is -0.0518. The fourth-order valence-corrected chi connectivity index (χ4v) is 1.89. The summed E-state index contributed by atoms with van der Waals surface area (Å²) < 4.78 is 38.8. The first-order valence-electron chi connectivity index (χ1n) is 6.39. The molecule has 1 N–H and O–H groups in total. The van der Waals surface area contributed by atoms with E-state index in [-0.39, 0.29) is 0 Å². The monoisotopic (exact) mass is 318 g/mol. The van der Waals surface area contributed by atoms with Crippen LogP contribution in [0, 0.1) is 0 Å². The second-order valence-electron chi connectivity index (χ2n) is 4.48. The molecule has 4 nitrogen and oxygen atoms in total. The van der Waals surface area contributed by atoms with E-state index >= 15 is 0 Å². The van der Waals surface area contributed by atoms with Gasteiger partial charge in [0.1, 0.15) is 0 Å². The molecule has 0 radical (unpaired) electrons. The summed E-state index contributed by atoms with van der Waals surface area (Å²) in [6.07, 6.45) is -0.362. The molecule has 21 heavy (non-hydrogen) atoms. The third-order valence-corrected chi connectivity index (χ3v) is 3.15. The van der Waals surface area contributed by atoms with Crippen LogP contribution < -0.4 is 5.32 Å². The third kappa shape index (κ3) is 3.95. The van der Waals surface area contributed by atoms with Crippen LogP contribution in [0.3, 0.4) is 0 Å². The van der Waals surface area contributed by atoms with Crippen LogP contribution in [0.5, 0.6) is 0 Å². The highest BCUT2D eigenvalue weighted by Gasteiger charge is 2.32. The molecular formula is C13H14ClF3N4. The Morgan fingerprint density at radius 3 is 2.71 bits per heavy atom. The quantitative estimate of drug-likeness (QED) is 0.859. The Bertz CT molecular complexity index is 610. The van der Waals surface area contributed by atoms with Gasteiger partial charge in [-0.3, -0.25) is 0 Å². The van der Waals surface area contributed by atoms with Crippen molar-refractivity contribution in [3.05, 3.63) is 40.8 Å². The van der Waals surface area contributed by atoms with E-state index in [1.807, 2.05) is 6.92 Å². The highest BCUT2D eigenvalue weighted by atomic mass is 35.5. The van der Waals surface area contributed by atoms with Crippen molar-refractivity contribution in [2.45, 2.75) is 26.1 Å². The number of halogens is 4. The Balaban J connectivity index is 2.24. The van der Waals surface area contributed by atoms with Gasteiger partial charge in [0.25, 0.3) is 0 Å². The van der Waals surface area contributed by atoms with Gasteiger partial charge in [-0.05, 0) is 24.6 Å². The molecule has 2 heterocycles. The Hall–Kier alpha value is -1.60. The average molecular weight is 319 g/mol. The highest BCUT2D eigenvalue weighted by molar-refractivity contribution is 6.31. The summed E-state index contributed by atoms with van der Waals surface area (Å²) in [4.78, 5) is 4.01. The van der Waals surface area contributed by atoms with Gasteiger partial charge in [0.05, 0.1) is 16.8 Å². The zero-order valence-corrected chi connectivity index (χ0v) is 12.0. The van der Waals surface area contributed by atoms with Crippen molar-refractivity contribution in [3.8, 4) is 5.82 Å². The third-order valence-electron chi connectivity index (χ3n) is 2.81. The Kier molecular flexibility index (Phi) is 4.84. The number of hydrogen-bond donors (Lipinski definition) is 1. The Morgan fingerprint density at radius 2 is 2.10 bits per heavy atom. The summed E-state index contributed by atoms with van der Waals surface area (Å²) in [5.74, 6) is 0.295. The van der Waals surface area contributed by atoms with Crippen LogP contribution in [0.25, 0.3) is 5.82 Å². The summed E-state index contributed by atoms with van der Waals surface area (Å²) in [6.45, 7) is 3.39. The molecule has 0 unspecified atom stereocenters. The first kappa shape index (κ1) is 15.8. The number of rotatable bonds is 5. The van der Waals surface area contributed by atoms with Gasteiger partial charge in [-0.2, -0.15) is 18.3 Å². The van der Waals surface area contributed by atoms with Crippen LogP contribution in [0.15, 0.2) is 24.7 Å². The van der Waals surface area contributed by atoms with E-state index in [9.17, 15) is 13.2 Å². The standard InChI is InChI=1S/C13H14ClF3N4/c1-2-3-18-5-9-4-12(19-7-11(9)14)21-8-10(6-20-21)13(15,16)17/h4,6-8,18H,2-3,5H2,1H3. The largest absolute Gasteiger partial charge is 0.419 e. The van der Waals surface area contributed by atoms with E-state index in [1.165, 1.54) is 6.20 Å². The van der Waals surface area contributed by atoms with Gasteiger partial charge >= 0.3 is 6.18 Å². The van der Waals surface area contributed by atoms with Gasteiger partial charge in [-0.25, -0.2) is 9.67 Å². The van der Waals surface area contributed by atoms with Gasteiger partial charge in [-0.15, -0.1) is 0 Å². The van der Waals surface area contributed by atoms with E-state index < -0.39 is 11.7 Å². The summed E-state index contributed by atoms with van der Waals surface area (Å²) in [5, 5.41) is 7.33. The molecule has 0 saturated carbocycles. The lowest BCUT2D eigenvalue weighted by Crippen LogP contribution is -2.14. The minimum Gasteiger partial charge on any atom is -0.313 e. The molecule has 0 aliphatic carbocycles. The molecule has 0 saturated heterocycles. The van der Waals surface area contributed by atoms with Crippen LogP contribution in [-0.4, -0.2) is 21.3 Å². The lowest BCUT2D eigenvalue weighted by atomic mass is 10.2. The number of aromatic nitrogens is 3. The number of pyridine rings is 1. The second kappa shape index (κ2) is 6.44. The highest BCUT2D eigenvalue weighted by Crippen LogP contribution is 2.29.